The van der Waals surface area contributed by atoms with Gasteiger partial charge in [-0.3, -0.25) is 14.5 Å². The average Bonchev–Trinajstić information content (AvgIpc) is 3.25. The lowest BCUT2D eigenvalue weighted by molar-refractivity contribution is 0.335. The molecule has 0 spiro atoms. The summed E-state index contributed by atoms with van der Waals surface area (Å²) in [7, 11) is 0. The molecule has 1 saturated carbocycles. The van der Waals surface area contributed by atoms with Gasteiger partial charge < -0.3 is 0 Å². The van der Waals surface area contributed by atoms with E-state index in [1.165, 1.54) is 29.2 Å². The van der Waals surface area contributed by atoms with Crippen LogP contribution in [0, 0.1) is 6.92 Å². The Morgan fingerprint density at radius 3 is 2.87 bits per heavy atom. The molecule has 7 heteroatoms. The minimum absolute atomic E-state index is 0.0152. The van der Waals surface area contributed by atoms with Crippen LogP contribution in [0.3, 0.4) is 0 Å². The van der Waals surface area contributed by atoms with Crippen LogP contribution in [0.1, 0.15) is 42.1 Å². The molecule has 0 radical (unpaired) electrons. The molecule has 3 aromatic rings. The van der Waals surface area contributed by atoms with Crippen LogP contribution < -0.4 is 10.9 Å². The van der Waals surface area contributed by atoms with Crippen molar-refractivity contribution in [1.82, 2.24) is 19.7 Å². The zero-order chi connectivity index (χ0) is 15.9. The van der Waals surface area contributed by atoms with Crippen LogP contribution in [-0.4, -0.2) is 14.4 Å². The number of thiazole rings is 2. The molecule has 0 bridgehead atoms. The van der Waals surface area contributed by atoms with Gasteiger partial charge in [0.25, 0.3) is 5.56 Å². The van der Waals surface area contributed by atoms with Crippen molar-refractivity contribution in [2.24, 2.45) is 0 Å². The highest BCUT2D eigenvalue weighted by molar-refractivity contribution is 7.15. The van der Waals surface area contributed by atoms with Crippen molar-refractivity contribution in [3.8, 4) is 0 Å². The zero-order valence-corrected chi connectivity index (χ0v) is 14.5. The maximum atomic E-state index is 12.1. The Bertz CT molecular complexity index is 889. The van der Waals surface area contributed by atoms with Gasteiger partial charge in [0.2, 0.25) is 0 Å². The molecular formula is C16H18N4OS2. The van der Waals surface area contributed by atoms with E-state index < -0.39 is 0 Å². The zero-order valence-electron chi connectivity index (χ0n) is 12.9. The molecule has 1 N–H and O–H groups in total. The van der Waals surface area contributed by atoms with Gasteiger partial charge in [0.05, 0.1) is 11.2 Å². The maximum Gasteiger partial charge on any atom is 0.258 e. The third-order valence-electron chi connectivity index (χ3n) is 4.45. The molecule has 3 heterocycles. The van der Waals surface area contributed by atoms with Gasteiger partial charge in [0.1, 0.15) is 5.01 Å². The second kappa shape index (κ2) is 5.81. The molecule has 0 aromatic carbocycles. The third kappa shape index (κ3) is 2.73. The van der Waals surface area contributed by atoms with Crippen molar-refractivity contribution < 1.29 is 0 Å². The highest BCUT2D eigenvalue weighted by atomic mass is 32.1. The van der Waals surface area contributed by atoms with Crippen molar-refractivity contribution in [2.75, 3.05) is 0 Å². The fourth-order valence-corrected chi connectivity index (χ4v) is 5.03. The van der Waals surface area contributed by atoms with E-state index in [1.54, 1.807) is 28.0 Å². The second-order valence-corrected chi connectivity index (χ2v) is 7.81. The normalized spacial score (nSPS) is 17.1. The maximum absolute atomic E-state index is 12.1. The summed E-state index contributed by atoms with van der Waals surface area (Å²) in [6.45, 7) is 2.64. The average molecular weight is 346 g/mol. The van der Waals surface area contributed by atoms with Crippen LogP contribution in [0.5, 0.6) is 0 Å². The molecule has 1 aliphatic rings. The first-order chi connectivity index (χ1) is 11.2. The number of nitrogens with one attached hydrogen (secondary N) is 1. The van der Waals surface area contributed by atoms with Gasteiger partial charge in [-0.05, 0) is 19.8 Å². The molecule has 1 fully saturated rings. The van der Waals surface area contributed by atoms with Gasteiger partial charge in [0.15, 0.2) is 4.96 Å². The lowest BCUT2D eigenvalue weighted by atomic mass is 9.98. The molecule has 23 heavy (non-hydrogen) atoms. The quantitative estimate of drug-likeness (QED) is 0.789. The number of nitrogens with zero attached hydrogens (tertiary/aromatic N) is 3. The van der Waals surface area contributed by atoms with E-state index in [1.807, 2.05) is 12.3 Å². The highest BCUT2D eigenvalue weighted by Gasteiger charge is 2.37. The number of hydrogen-bond acceptors (Lipinski definition) is 6. The smallest absolute Gasteiger partial charge is 0.258 e. The van der Waals surface area contributed by atoms with Gasteiger partial charge >= 0.3 is 0 Å². The van der Waals surface area contributed by atoms with E-state index in [0.717, 1.165) is 29.2 Å². The molecule has 4 rings (SSSR count). The van der Waals surface area contributed by atoms with Gasteiger partial charge in [0, 0.05) is 35.3 Å². The standard InChI is InChI=1S/C16H18N4OS2/c1-11-10-23-14(18-11)16(4-2-3-5-16)17-9-12-8-13(21)20-6-7-22-15(20)19-12/h6-8,10,17H,2-5,9H2,1H3. The van der Waals surface area contributed by atoms with Crippen LogP contribution in [0.25, 0.3) is 4.96 Å². The summed E-state index contributed by atoms with van der Waals surface area (Å²) in [4.78, 5) is 22.1. The van der Waals surface area contributed by atoms with Crippen LogP contribution in [0.2, 0.25) is 0 Å². The first-order valence-electron chi connectivity index (χ1n) is 7.80. The first-order valence-corrected chi connectivity index (χ1v) is 9.56. The Morgan fingerprint density at radius 1 is 1.30 bits per heavy atom. The Morgan fingerprint density at radius 2 is 2.13 bits per heavy atom. The van der Waals surface area contributed by atoms with Gasteiger partial charge in [-0.2, -0.15) is 0 Å². The van der Waals surface area contributed by atoms with Gasteiger partial charge in [-0.25, -0.2) is 9.97 Å². The fraction of sp³-hybridized carbons (Fsp3) is 0.438. The molecule has 120 valence electrons. The molecule has 0 amide bonds. The molecule has 5 nitrogen and oxygen atoms in total. The van der Waals surface area contributed by atoms with Crippen molar-refractivity contribution in [1.29, 1.82) is 0 Å². The van der Waals surface area contributed by atoms with Crippen LogP contribution in [-0.2, 0) is 12.1 Å². The number of rotatable bonds is 4. The predicted molar refractivity (Wildman–Crippen MR) is 93.2 cm³/mol. The van der Waals surface area contributed by atoms with Crippen LogP contribution in [0.4, 0.5) is 0 Å². The molecular weight excluding hydrogens is 328 g/mol. The Hall–Kier alpha value is -1.57. The summed E-state index contributed by atoms with van der Waals surface area (Å²) >= 11 is 3.22. The number of hydrogen-bond donors (Lipinski definition) is 1. The largest absolute Gasteiger partial charge is 0.300 e. The summed E-state index contributed by atoms with van der Waals surface area (Å²) in [5.41, 5.74) is 1.81. The summed E-state index contributed by atoms with van der Waals surface area (Å²) in [6.07, 6.45) is 6.39. The van der Waals surface area contributed by atoms with E-state index in [9.17, 15) is 4.79 Å². The molecule has 0 atom stereocenters. The van der Waals surface area contributed by atoms with Crippen LogP contribution in [0.15, 0.2) is 27.8 Å². The molecule has 1 aliphatic carbocycles. The monoisotopic (exact) mass is 346 g/mol. The minimum atomic E-state index is -0.0544. The van der Waals surface area contributed by atoms with Gasteiger partial charge in [-0.1, -0.05) is 12.8 Å². The van der Waals surface area contributed by atoms with Crippen LogP contribution >= 0.6 is 22.7 Å². The lowest BCUT2D eigenvalue weighted by Crippen LogP contribution is -2.39. The predicted octanol–water partition coefficient (Wildman–Crippen LogP) is 3.08. The Balaban J connectivity index is 1.61. The highest BCUT2D eigenvalue weighted by Crippen LogP contribution is 2.40. The first kappa shape index (κ1) is 15.0. The number of fused-ring (bicyclic) bond motifs is 1. The van der Waals surface area contributed by atoms with Crippen molar-refractivity contribution in [3.05, 3.63) is 49.8 Å². The molecule has 0 unspecified atom stereocenters. The second-order valence-electron chi connectivity index (χ2n) is 6.08. The van der Waals surface area contributed by atoms with E-state index in [4.69, 9.17) is 4.98 Å². The Kier molecular flexibility index (Phi) is 3.79. The fourth-order valence-electron chi connectivity index (χ4n) is 3.26. The van der Waals surface area contributed by atoms with Gasteiger partial charge in [-0.15, -0.1) is 22.7 Å². The topological polar surface area (TPSA) is 59.3 Å². The molecule has 0 saturated heterocycles. The lowest BCUT2D eigenvalue weighted by Gasteiger charge is -2.28. The summed E-state index contributed by atoms with van der Waals surface area (Å²) in [5.74, 6) is 0. The SMILES string of the molecule is Cc1csc(C2(NCc3cc(=O)n4ccsc4n3)CCCC2)n1. The molecule has 3 aromatic heterocycles. The summed E-state index contributed by atoms with van der Waals surface area (Å²) in [6, 6.07) is 1.63. The number of aryl methyl sites for hydroxylation is 1. The van der Waals surface area contributed by atoms with E-state index in [-0.39, 0.29) is 11.1 Å². The number of aromatic nitrogens is 3. The van der Waals surface area contributed by atoms with Crippen molar-refractivity contribution in [2.45, 2.75) is 44.7 Å². The van der Waals surface area contributed by atoms with Crippen molar-refractivity contribution >= 4 is 27.6 Å². The summed E-state index contributed by atoms with van der Waals surface area (Å²) in [5, 5.41) is 8.83. The molecule has 0 aliphatic heterocycles. The summed E-state index contributed by atoms with van der Waals surface area (Å²) < 4.78 is 1.59. The Labute approximate surface area is 142 Å². The van der Waals surface area contributed by atoms with Crippen molar-refractivity contribution in [3.63, 3.8) is 0 Å². The van der Waals surface area contributed by atoms with E-state index in [2.05, 4.69) is 15.7 Å². The van der Waals surface area contributed by atoms with E-state index >= 15 is 0 Å². The van der Waals surface area contributed by atoms with E-state index in [0.29, 0.717) is 6.54 Å². The third-order valence-corrected chi connectivity index (χ3v) is 6.37. The minimum Gasteiger partial charge on any atom is -0.300 e.